The summed E-state index contributed by atoms with van der Waals surface area (Å²) in [4.78, 5) is 3.37. The van der Waals surface area contributed by atoms with Crippen LogP contribution in [0.4, 0.5) is 4.39 Å². The van der Waals surface area contributed by atoms with Crippen LogP contribution in [0.2, 0.25) is 4.34 Å². The zero-order valence-electron chi connectivity index (χ0n) is 10.7. The molecule has 2 aromatic rings. The van der Waals surface area contributed by atoms with E-state index in [1.807, 2.05) is 19.2 Å². The van der Waals surface area contributed by atoms with E-state index in [-0.39, 0.29) is 5.82 Å². The normalized spacial score (nSPS) is 11.2. The number of benzene rings is 1. The van der Waals surface area contributed by atoms with Gasteiger partial charge in [-0.3, -0.25) is 4.90 Å². The van der Waals surface area contributed by atoms with Crippen LogP contribution in [0.1, 0.15) is 16.0 Å². The first-order valence-corrected chi connectivity index (χ1v) is 7.18. The molecule has 1 aromatic carbocycles. The molecule has 19 heavy (non-hydrogen) atoms. The fourth-order valence-electron chi connectivity index (χ4n) is 1.99. The number of hydrogen-bond donors (Lipinski definition) is 1. The lowest BCUT2D eigenvalue weighted by molar-refractivity contribution is 0.321. The van der Waals surface area contributed by atoms with E-state index < -0.39 is 0 Å². The lowest BCUT2D eigenvalue weighted by Gasteiger charge is -2.17. The van der Waals surface area contributed by atoms with E-state index in [0.29, 0.717) is 6.54 Å². The Bertz CT molecular complexity index is 556. The van der Waals surface area contributed by atoms with E-state index in [1.165, 1.54) is 17.0 Å². The van der Waals surface area contributed by atoms with Crippen molar-refractivity contribution in [2.75, 3.05) is 7.05 Å². The smallest absolute Gasteiger partial charge is 0.123 e. The second kappa shape index (κ2) is 6.48. The largest absolute Gasteiger partial charge is 0.326 e. The highest BCUT2D eigenvalue weighted by Gasteiger charge is 2.08. The monoisotopic (exact) mass is 298 g/mol. The molecule has 0 saturated heterocycles. The van der Waals surface area contributed by atoms with Gasteiger partial charge in [0.05, 0.1) is 4.34 Å². The summed E-state index contributed by atoms with van der Waals surface area (Å²) >= 11 is 7.49. The minimum atomic E-state index is -0.239. The Labute approximate surface area is 121 Å². The summed E-state index contributed by atoms with van der Waals surface area (Å²) in [5.74, 6) is -0.239. The summed E-state index contributed by atoms with van der Waals surface area (Å²) in [6, 6.07) is 8.71. The van der Waals surface area contributed by atoms with Crippen molar-refractivity contribution in [3.8, 4) is 0 Å². The van der Waals surface area contributed by atoms with Gasteiger partial charge in [-0.05, 0) is 42.4 Å². The van der Waals surface area contributed by atoms with E-state index in [9.17, 15) is 4.39 Å². The highest BCUT2D eigenvalue weighted by atomic mass is 35.5. The Morgan fingerprint density at radius 2 is 2.00 bits per heavy atom. The summed E-state index contributed by atoms with van der Waals surface area (Å²) in [6.45, 7) is 1.91. The van der Waals surface area contributed by atoms with E-state index in [0.717, 1.165) is 28.6 Å². The SMILES string of the molecule is CN(Cc1ccc(Cl)s1)Cc1ccc(F)cc1CN. The minimum absolute atomic E-state index is 0.239. The van der Waals surface area contributed by atoms with E-state index in [2.05, 4.69) is 4.90 Å². The maximum absolute atomic E-state index is 13.1. The molecule has 5 heteroatoms. The predicted octanol–water partition coefficient (Wildman–Crippen LogP) is 3.63. The van der Waals surface area contributed by atoms with Crippen molar-refractivity contribution in [1.29, 1.82) is 0 Å². The van der Waals surface area contributed by atoms with Crippen LogP contribution in [0, 0.1) is 5.82 Å². The quantitative estimate of drug-likeness (QED) is 0.913. The molecule has 2 nitrogen and oxygen atoms in total. The fraction of sp³-hybridized carbons (Fsp3) is 0.286. The molecule has 0 aliphatic carbocycles. The Balaban J connectivity index is 2.04. The minimum Gasteiger partial charge on any atom is -0.326 e. The first kappa shape index (κ1) is 14.5. The second-order valence-corrected chi connectivity index (χ2v) is 6.29. The van der Waals surface area contributed by atoms with Crippen molar-refractivity contribution in [3.05, 3.63) is 56.5 Å². The van der Waals surface area contributed by atoms with Gasteiger partial charge in [-0.2, -0.15) is 0 Å². The number of nitrogens with zero attached hydrogens (tertiary/aromatic N) is 1. The van der Waals surface area contributed by atoms with E-state index in [4.69, 9.17) is 17.3 Å². The third-order valence-corrected chi connectivity index (χ3v) is 4.10. The number of hydrogen-bond acceptors (Lipinski definition) is 3. The number of nitrogens with two attached hydrogens (primary N) is 1. The lowest BCUT2D eigenvalue weighted by atomic mass is 10.1. The van der Waals surface area contributed by atoms with Crippen LogP contribution in [-0.4, -0.2) is 11.9 Å². The standard InChI is InChI=1S/C14H16ClFN2S/c1-18(9-13-4-5-14(15)19-13)8-10-2-3-12(16)6-11(10)7-17/h2-6H,7-9,17H2,1H3. The maximum Gasteiger partial charge on any atom is 0.123 e. The summed E-state index contributed by atoms with van der Waals surface area (Å²) in [5, 5.41) is 0. The second-order valence-electron chi connectivity index (χ2n) is 4.50. The molecule has 0 saturated carbocycles. The van der Waals surface area contributed by atoms with Gasteiger partial charge in [0.1, 0.15) is 5.82 Å². The Morgan fingerprint density at radius 1 is 1.21 bits per heavy atom. The van der Waals surface area contributed by atoms with Crippen LogP contribution in [0.3, 0.4) is 0 Å². The van der Waals surface area contributed by atoms with Gasteiger partial charge < -0.3 is 5.73 Å². The van der Waals surface area contributed by atoms with Gasteiger partial charge >= 0.3 is 0 Å². The van der Waals surface area contributed by atoms with Gasteiger partial charge in [0.2, 0.25) is 0 Å². The summed E-state index contributed by atoms with van der Waals surface area (Å²) in [6.07, 6.45) is 0. The molecule has 0 amide bonds. The molecular formula is C14H16ClFN2S. The molecule has 0 aliphatic rings. The van der Waals surface area contributed by atoms with Crippen LogP contribution in [0.25, 0.3) is 0 Å². The van der Waals surface area contributed by atoms with Gasteiger partial charge in [0.15, 0.2) is 0 Å². The summed E-state index contributed by atoms with van der Waals surface area (Å²) in [7, 11) is 2.03. The third-order valence-electron chi connectivity index (χ3n) is 2.88. The molecule has 0 bridgehead atoms. The molecule has 1 aromatic heterocycles. The summed E-state index contributed by atoms with van der Waals surface area (Å²) < 4.78 is 13.9. The molecular weight excluding hydrogens is 283 g/mol. The average molecular weight is 299 g/mol. The number of rotatable bonds is 5. The van der Waals surface area contributed by atoms with Gasteiger partial charge in [-0.25, -0.2) is 4.39 Å². The zero-order valence-corrected chi connectivity index (χ0v) is 12.3. The van der Waals surface area contributed by atoms with Crippen molar-refractivity contribution in [2.45, 2.75) is 19.6 Å². The van der Waals surface area contributed by atoms with Crippen LogP contribution < -0.4 is 5.73 Å². The molecule has 0 unspecified atom stereocenters. The Morgan fingerprint density at radius 3 is 2.63 bits per heavy atom. The van der Waals surface area contributed by atoms with Crippen LogP contribution in [0.15, 0.2) is 30.3 Å². The maximum atomic E-state index is 13.1. The van der Waals surface area contributed by atoms with E-state index in [1.54, 1.807) is 17.4 Å². The molecule has 1 heterocycles. The average Bonchev–Trinajstić information content (AvgIpc) is 2.76. The first-order valence-electron chi connectivity index (χ1n) is 5.98. The molecule has 0 aliphatic heterocycles. The number of halogens is 2. The third kappa shape index (κ3) is 4.01. The molecule has 0 atom stereocenters. The van der Waals surface area contributed by atoms with Crippen molar-refractivity contribution in [1.82, 2.24) is 4.90 Å². The predicted molar refractivity (Wildman–Crippen MR) is 78.8 cm³/mol. The fourth-order valence-corrected chi connectivity index (χ4v) is 3.16. The lowest BCUT2D eigenvalue weighted by Crippen LogP contribution is -2.18. The Kier molecular flexibility index (Phi) is 4.93. The van der Waals surface area contributed by atoms with Crippen molar-refractivity contribution < 1.29 is 4.39 Å². The number of thiophene rings is 1. The molecule has 102 valence electrons. The molecule has 2 rings (SSSR count). The van der Waals surface area contributed by atoms with Gasteiger partial charge in [-0.1, -0.05) is 17.7 Å². The van der Waals surface area contributed by atoms with Gasteiger partial charge in [-0.15, -0.1) is 11.3 Å². The van der Waals surface area contributed by atoms with Crippen LogP contribution >= 0.6 is 22.9 Å². The first-order chi connectivity index (χ1) is 9.08. The molecule has 0 fully saturated rings. The van der Waals surface area contributed by atoms with Crippen molar-refractivity contribution in [2.24, 2.45) is 5.73 Å². The molecule has 0 spiro atoms. The molecule has 2 N–H and O–H groups in total. The van der Waals surface area contributed by atoms with Crippen molar-refractivity contribution >= 4 is 22.9 Å². The van der Waals surface area contributed by atoms with E-state index >= 15 is 0 Å². The highest BCUT2D eigenvalue weighted by Crippen LogP contribution is 2.23. The van der Waals surface area contributed by atoms with Crippen LogP contribution in [-0.2, 0) is 19.6 Å². The van der Waals surface area contributed by atoms with Gasteiger partial charge in [0.25, 0.3) is 0 Å². The molecule has 0 radical (unpaired) electrons. The zero-order chi connectivity index (χ0) is 13.8. The van der Waals surface area contributed by atoms with Crippen LogP contribution in [0.5, 0.6) is 0 Å². The topological polar surface area (TPSA) is 29.3 Å². The highest BCUT2D eigenvalue weighted by molar-refractivity contribution is 7.16. The van der Waals surface area contributed by atoms with Gasteiger partial charge in [0, 0.05) is 24.5 Å². The summed E-state index contributed by atoms with van der Waals surface area (Å²) in [5.41, 5.74) is 7.57. The van der Waals surface area contributed by atoms with Crippen molar-refractivity contribution in [3.63, 3.8) is 0 Å². The Hall–Kier alpha value is -0.940.